The van der Waals surface area contributed by atoms with Gasteiger partial charge in [-0.2, -0.15) is 0 Å². The first-order chi connectivity index (χ1) is 12.1. The Labute approximate surface area is 149 Å². The quantitative estimate of drug-likeness (QED) is 0.528. The van der Waals surface area contributed by atoms with E-state index in [4.69, 9.17) is 4.52 Å². The van der Waals surface area contributed by atoms with Crippen molar-refractivity contribution < 1.29 is 13.7 Å². The molecule has 3 rings (SSSR count). The van der Waals surface area contributed by atoms with E-state index < -0.39 is 5.82 Å². The molecule has 3 aromatic rings. The van der Waals surface area contributed by atoms with Gasteiger partial charge in [0.05, 0.1) is 5.56 Å². The second-order valence-corrected chi connectivity index (χ2v) is 6.64. The summed E-state index contributed by atoms with van der Waals surface area (Å²) >= 11 is 1.66. The molecule has 4 nitrogen and oxygen atoms in total. The number of rotatable bonds is 6. The average molecular weight is 356 g/mol. The number of carbonyl (C=O) groups is 1. The fourth-order valence-electron chi connectivity index (χ4n) is 2.23. The highest BCUT2D eigenvalue weighted by Gasteiger charge is 2.15. The fourth-order valence-corrected chi connectivity index (χ4v) is 3.00. The highest BCUT2D eigenvalue weighted by atomic mass is 32.2. The van der Waals surface area contributed by atoms with Gasteiger partial charge in [-0.05, 0) is 31.2 Å². The van der Waals surface area contributed by atoms with Crippen LogP contribution >= 0.6 is 11.8 Å². The largest absolute Gasteiger partial charge is 0.355 e. The molecule has 2 aromatic carbocycles. The molecule has 128 valence electrons. The van der Waals surface area contributed by atoms with Gasteiger partial charge in [0.2, 0.25) is 0 Å². The van der Waals surface area contributed by atoms with Gasteiger partial charge in [0.1, 0.15) is 5.82 Å². The lowest BCUT2D eigenvalue weighted by Crippen LogP contribution is -2.25. The van der Waals surface area contributed by atoms with Crippen molar-refractivity contribution >= 4 is 17.7 Å². The third-order valence-corrected chi connectivity index (χ3v) is 4.57. The predicted molar refractivity (Wildman–Crippen MR) is 96.1 cm³/mol. The zero-order chi connectivity index (χ0) is 17.6. The molecule has 1 amide bonds. The molecule has 0 unspecified atom stereocenters. The molecule has 0 saturated heterocycles. The second kappa shape index (κ2) is 7.98. The topological polar surface area (TPSA) is 55.1 Å². The average Bonchev–Trinajstić information content (AvgIpc) is 3.10. The maximum Gasteiger partial charge on any atom is 0.273 e. The number of hydrogen-bond donors (Lipinski definition) is 1. The van der Waals surface area contributed by atoms with Crippen molar-refractivity contribution in [3.63, 3.8) is 0 Å². The normalized spacial score (nSPS) is 10.6. The van der Waals surface area contributed by atoms with Crippen LogP contribution in [0, 0.1) is 12.7 Å². The molecule has 1 aromatic heterocycles. The molecule has 0 aliphatic rings. The van der Waals surface area contributed by atoms with E-state index in [9.17, 15) is 9.18 Å². The molecule has 0 radical (unpaired) electrons. The van der Waals surface area contributed by atoms with Gasteiger partial charge in [0, 0.05) is 23.3 Å². The number of thioether (sulfide) groups is 1. The van der Waals surface area contributed by atoms with Crippen LogP contribution < -0.4 is 5.32 Å². The number of aromatic nitrogens is 1. The summed E-state index contributed by atoms with van der Waals surface area (Å²) in [5.41, 5.74) is 1.64. The van der Waals surface area contributed by atoms with Crippen molar-refractivity contribution in [1.82, 2.24) is 10.5 Å². The van der Waals surface area contributed by atoms with Crippen molar-refractivity contribution in [2.24, 2.45) is 0 Å². The maximum absolute atomic E-state index is 13.7. The Morgan fingerprint density at radius 1 is 1.20 bits per heavy atom. The third-order valence-electron chi connectivity index (χ3n) is 3.56. The molecule has 0 fully saturated rings. The Bertz CT molecular complexity index is 862. The molecule has 0 aliphatic carbocycles. The number of amides is 1. The molecular weight excluding hydrogens is 339 g/mol. The number of carbonyl (C=O) groups excluding carboxylic acids is 1. The van der Waals surface area contributed by atoms with Crippen molar-refractivity contribution in [3.05, 3.63) is 71.7 Å². The minimum absolute atomic E-state index is 0.138. The fraction of sp³-hybridized carbons (Fsp3) is 0.158. The van der Waals surface area contributed by atoms with E-state index in [0.717, 1.165) is 10.6 Å². The van der Waals surface area contributed by atoms with Crippen LogP contribution in [0.4, 0.5) is 4.39 Å². The standard InChI is InChI=1S/C19H17FN2O2S/c1-13-6-8-14(9-7-13)25-11-10-21-19(23)17-12-18(24-22-17)15-4-2-3-5-16(15)20/h2-9,12H,10-11H2,1H3,(H,21,23). The van der Waals surface area contributed by atoms with Gasteiger partial charge in [-0.3, -0.25) is 4.79 Å². The minimum atomic E-state index is -0.417. The van der Waals surface area contributed by atoms with Gasteiger partial charge in [-0.1, -0.05) is 35.0 Å². The lowest BCUT2D eigenvalue weighted by Gasteiger charge is -2.03. The summed E-state index contributed by atoms with van der Waals surface area (Å²) < 4.78 is 18.8. The van der Waals surface area contributed by atoms with E-state index in [1.165, 1.54) is 17.7 Å². The van der Waals surface area contributed by atoms with Crippen LogP contribution in [0.25, 0.3) is 11.3 Å². The van der Waals surface area contributed by atoms with Crippen LogP contribution in [-0.4, -0.2) is 23.4 Å². The molecule has 1 N–H and O–H groups in total. The number of halogens is 1. The van der Waals surface area contributed by atoms with Gasteiger partial charge >= 0.3 is 0 Å². The Hall–Kier alpha value is -2.60. The van der Waals surface area contributed by atoms with Crippen LogP contribution in [-0.2, 0) is 0 Å². The lowest BCUT2D eigenvalue weighted by atomic mass is 10.1. The third kappa shape index (κ3) is 4.48. The highest BCUT2D eigenvalue weighted by Crippen LogP contribution is 2.23. The molecule has 0 saturated carbocycles. The molecule has 6 heteroatoms. The van der Waals surface area contributed by atoms with E-state index in [1.807, 2.05) is 6.92 Å². The van der Waals surface area contributed by atoms with E-state index in [0.29, 0.717) is 6.54 Å². The Kier molecular flexibility index (Phi) is 5.50. The SMILES string of the molecule is Cc1ccc(SCCNC(=O)c2cc(-c3ccccc3F)on2)cc1. The van der Waals surface area contributed by atoms with E-state index in [-0.39, 0.29) is 22.9 Å². The van der Waals surface area contributed by atoms with Crippen molar-refractivity contribution in [2.75, 3.05) is 12.3 Å². The molecular formula is C19H17FN2O2S. The first-order valence-corrected chi connectivity index (χ1v) is 8.81. The van der Waals surface area contributed by atoms with E-state index >= 15 is 0 Å². The first-order valence-electron chi connectivity index (χ1n) is 7.83. The summed E-state index contributed by atoms with van der Waals surface area (Å²) in [6.07, 6.45) is 0. The maximum atomic E-state index is 13.7. The number of benzene rings is 2. The summed E-state index contributed by atoms with van der Waals surface area (Å²) in [5.74, 6) is 0.223. The van der Waals surface area contributed by atoms with Crippen molar-refractivity contribution in [2.45, 2.75) is 11.8 Å². The van der Waals surface area contributed by atoms with Crippen LogP contribution in [0.3, 0.4) is 0 Å². The lowest BCUT2D eigenvalue weighted by molar-refractivity contribution is 0.0947. The Morgan fingerprint density at radius 3 is 2.72 bits per heavy atom. The highest BCUT2D eigenvalue weighted by molar-refractivity contribution is 7.99. The summed E-state index contributed by atoms with van der Waals surface area (Å²) in [6.45, 7) is 2.54. The van der Waals surface area contributed by atoms with E-state index in [1.54, 1.807) is 30.0 Å². The second-order valence-electron chi connectivity index (χ2n) is 5.47. The molecule has 1 heterocycles. The zero-order valence-corrected chi connectivity index (χ0v) is 14.5. The first kappa shape index (κ1) is 17.2. The Morgan fingerprint density at radius 2 is 1.96 bits per heavy atom. The molecule has 0 bridgehead atoms. The van der Waals surface area contributed by atoms with Crippen LogP contribution in [0.5, 0.6) is 0 Å². The van der Waals surface area contributed by atoms with Crippen LogP contribution in [0.1, 0.15) is 16.1 Å². The number of hydrogen-bond acceptors (Lipinski definition) is 4. The number of nitrogens with zero attached hydrogens (tertiary/aromatic N) is 1. The minimum Gasteiger partial charge on any atom is -0.355 e. The van der Waals surface area contributed by atoms with Crippen molar-refractivity contribution in [3.8, 4) is 11.3 Å². The molecule has 0 spiro atoms. The summed E-state index contributed by atoms with van der Waals surface area (Å²) in [6, 6.07) is 15.9. The van der Waals surface area contributed by atoms with Gasteiger partial charge < -0.3 is 9.84 Å². The predicted octanol–water partition coefficient (Wildman–Crippen LogP) is 4.31. The molecule has 25 heavy (non-hydrogen) atoms. The van der Waals surface area contributed by atoms with Gasteiger partial charge in [0.25, 0.3) is 5.91 Å². The van der Waals surface area contributed by atoms with Crippen LogP contribution in [0.2, 0.25) is 0 Å². The van der Waals surface area contributed by atoms with Crippen LogP contribution in [0.15, 0.2) is 64.0 Å². The van der Waals surface area contributed by atoms with Gasteiger partial charge in [-0.25, -0.2) is 4.39 Å². The van der Waals surface area contributed by atoms with E-state index in [2.05, 4.69) is 34.7 Å². The van der Waals surface area contributed by atoms with Gasteiger partial charge in [0.15, 0.2) is 11.5 Å². The summed E-state index contributed by atoms with van der Waals surface area (Å²) in [4.78, 5) is 13.2. The summed E-state index contributed by atoms with van der Waals surface area (Å²) in [5, 5.41) is 6.50. The number of aryl methyl sites for hydroxylation is 1. The zero-order valence-electron chi connectivity index (χ0n) is 13.7. The molecule has 0 atom stereocenters. The number of nitrogens with one attached hydrogen (secondary N) is 1. The van der Waals surface area contributed by atoms with Gasteiger partial charge in [-0.15, -0.1) is 11.8 Å². The summed E-state index contributed by atoms with van der Waals surface area (Å²) in [7, 11) is 0. The molecule has 0 aliphatic heterocycles. The van der Waals surface area contributed by atoms with Crippen molar-refractivity contribution in [1.29, 1.82) is 0 Å². The monoisotopic (exact) mass is 356 g/mol. The smallest absolute Gasteiger partial charge is 0.273 e. The Balaban J connectivity index is 1.52.